The van der Waals surface area contributed by atoms with Crippen LogP contribution >= 0.6 is 22.7 Å². The van der Waals surface area contributed by atoms with E-state index in [-0.39, 0.29) is 0 Å². The topological polar surface area (TPSA) is 0 Å². The second kappa shape index (κ2) is 1.96. The third-order valence-electron chi connectivity index (χ3n) is 2.16. The van der Waals surface area contributed by atoms with Crippen molar-refractivity contribution in [2.45, 2.75) is 6.42 Å². The van der Waals surface area contributed by atoms with Crippen molar-refractivity contribution >= 4 is 22.7 Å². The van der Waals surface area contributed by atoms with E-state index in [1.807, 2.05) is 22.7 Å². The summed E-state index contributed by atoms with van der Waals surface area (Å²) in [7, 11) is 0. The molecule has 0 saturated heterocycles. The standard InChI is InChI=1S/C9H6S2/c1-6-2-10-4-8(6)9-5-11-3-7(1)9/h2-5H,1H2. The van der Waals surface area contributed by atoms with E-state index in [0.29, 0.717) is 0 Å². The van der Waals surface area contributed by atoms with Gasteiger partial charge in [-0.3, -0.25) is 0 Å². The van der Waals surface area contributed by atoms with E-state index < -0.39 is 0 Å². The van der Waals surface area contributed by atoms with E-state index in [0.717, 1.165) is 6.42 Å². The lowest BCUT2D eigenvalue weighted by Crippen LogP contribution is -1.71. The van der Waals surface area contributed by atoms with Crippen molar-refractivity contribution in [2.24, 2.45) is 0 Å². The van der Waals surface area contributed by atoms with Gasteiger partial charge < -0.3 is 0 Å². The summed E-state index contributed by atoms with van der Waals surface area (Å²) >= 11 is 3.63. The van der Waals surface area contributed by atoms with Crippen LogP contribution in [0.25, 0.3) is 11.1 Å². The molecule has 0 unspecified atom stereocenters. The Balaban J connectivity index is 2.38. The summed E-state index contributed by atoms with van der Waals surface area (Å²) in [6, 6.07) is 0. The van der Waals surface area contributed by atoms with Gasteiger partial charge in [0.15, 0.2) is 0 Å². The molecule has 0 N–H and O–H groups in total. The Morgan fingerprint density at radius 2 is 1.36 bits per heavy atom. The second-order valence-corrected chi connectivity index (χ2v) is 4.29. The number of fused-ring (bicyclic) bond motifs is 3. The SMILES string of the molecule is c1scc2c1Cc1cscc1-2. The van der Waals surface area contributed by atoms with Crippen molar-refractivity contribution in [3.63, 3.8) is 0 Å². The van der Waals surface area contributed by atoms with Gasteiger partial charge in [0.1, 0.15) is 0 Å². The number of hydrogen-bond donors (Lipinski definition) is 0. The maximum Gasteiger partial charge on any atom is 0.000308 e. The molecule has 2 aromatic rings. The van der Waals surface area contributed by atoms with Crippen molar-refractivity contribution in [3.05, 3.63) is 32.6 Å². The Labute approximate surface area is 73.1 Å². The highest BCUT2D eigenvalue weighted by Gasteiger charge is 2.18. The van der Waals surface area contributed by atoms with Crippen LogP contribution in [0.1, 0.15) is 11.1 Å². The smallest absolute Gasteiger partial charge is 0.000308 e. The van der Waals surface area contributed by atoms with E-state index in [1.165, 1.54) is 22.3 Å². The summed E-state index contributed by atoms with van der Waals surface area (Å²) in [4.78, 5) is 0. The molecule has 0 fully saturated rings. The van der Waals surface area contributed by atoms with Gasteiger partial charge in [0.05, 0.1) is 0 Å². The van der Waals surface area contributed by atoms with Gasteiger partial charge in [-0.05, 0) is 43.8 Å². The summed E-state index contributed by atoms with van der Waals surface area (Å²) < 4.78 is 0. The molecule has 3 rings (SSSR count). The van der Waals surface area contributed by atoms with Crippen molar-refractivity contribution in [1.82, 2.24) is 0 Å². The molecular formula is C9H6S2. The second-order valence-electron chi connectivity index (χ2n) is 2.80. The van der Waals surface area contributed by atoms with Crippen LogP contribution in [-0.4, -0.2) is 0 Å². The van der Waals surface area contributed by atoms with Gasteiger partial charge in [-0.25, -0.2) is 0 Å². The van der Waals surface area contributed by atoms with E-state index in [1.54, 1.807) is 0 Å². The quantitative estimate of drug-likeness (QED) is 0.495. The lowest BCUT2D eigenvalue weighted by atomic mass is 10.2. The summed E-state index contributed by atoms with van der Waals surface area (Å²) in [5, 5.41) is 9.04. The molecule has 0 nitrogen and oxygen atoms in total. The molecule has 1 aliphatic carbocycles. The fourth-order valence-corrected chi connectivity index (χ4v) is 3.31. The molecule has 0 saturated carbocycles. The summed E-state index contributed by atoms with van der Waals surface area (Å²) in [5.74, 6) is 0. The highest BCUT2D eigenvalue weighted by atomic mass is 32.1. The molecule has 2 heterocycles. The van der Waals surface area contributed by atoms with E-state index in [2.05, 4.69) is 21.5 Å². The zero-order valence-corrected chi connectivity index (χ0v) is 7.47. The number of hydrogen-bond acceptors (Lipinski definition) is 2. The Morgan fingerprint density at radius 3 is 1.91 bits per heavy atom. The van der Waals surface area contributed by atoms with Crippen molar-refractivity contribution in [3.8, 4) is 11.1 Å². The molecular weight excluding hydrogens is 172 g/mol. The van der Waals surface area contributed by atoms with Crippen LogP contribution in [0.15, 0.2) is 21.5 Å². The Bertz CT molecular complexity index is 357. The van der Waals surface area contributed by atoms with Crippen LogP contribution < -0.4 is 0 Å². The molecule has 0 aliphatic heterocycles. The van der Waals surface area contributed by atoms with Crippen LogP contribution in [0.3, 0.4) is 0 Å². The average Bonchev–Trinajstić information content (AvgIpc) is 2.52. The van der Waals surface area contributed by atoms with Crippen LogP contribution in [0.4, 0.5) is 0 Å². The predicted octanol–water partition coefficient (Wildman–Crippen LogP) is 3.38. The van der Waals surface area contributed by atoms with Crippen LogP contribution in [0.2, 0.25) is 0 Å². The first kappa shape index (κ1) is 5.98. The fourth-order valence-electron chi connectivity index (χ4n) is 1.60. The highest BCUT2D eigenvalue weighted by Crippen LogP contribution is 2.40. The molecule has 2 aromatic heterocycles. The lowest BCUT2D eigenvalue weighted by molar-refractivity contribution is 1.29. The lowest BCUT2D eigenvalue weighted by Gasteiger charge is -1.85. The van der Waals surface area contributed by atoms with E-state index in [9.17, 15) is 0 Å². The molecule has 2 heteroatoms. The third-order valence-corrected chi connectivity index (χ3v) is 3.74. The third kappa shape index (κ3) is 0.686. The monoisotopic (exact) mass is 178 g/mol. The van der Waals surface area contributed by atoms with Gasteiger partial charge in [0.25, 0.3) is 0 Å². The van der Waals surface area contributed by atoms with Gasteiger partial charge in [-0.2, -0.15) is 22.7 Å². The molecule has 1 aliphatic rings. The Kier molecular flexibility index (Phi) is 1.06. The normalized spacial score (nSPS) is 13.1. The summed E-state index contributed by atoms with van der Waals surface area (Å²) in [5.41, 5.74) is 6.00. The zero-order valence-electron chi connectivity index (χ0n) is 5.83. The van der Waals surface area contributed by atoms with Gasteiger partial charge in [-0.15, -0.1) is 0 Å². The predicted molar refractivity (Wildman–Crippen MR) is 50.4 cm³/mol. The first-order chi connectivity index (χ1) is 5.45. The van der Waals surface area contributed by atoms with E-state index in [4.69, 9.17) is 0 Å². The molecule has 0 atom stereocenters. The summed E-state index contributed by atoms with van der Waals surface area (Å²) in [6.45, 7) is 0. The zero-order chi connectivity index (χ0) is 7.26. The van der Waals surface area contributed by atoms with Crippen molar-refractivity contribution < 1.29 is 0 Å². The molecule has 0 spiro atoms. The van der Waals surface area contributed by atoms with Crippen LogP contribution in [0.5, 0.6) is 0 Å². The maximum absolute atomic E-state index is 2.26. The van der Waals surface area contributed by atoms with Gasteiger partial charge in [0.2, 0.25) is 0 Å². The molecule has 0 radical (unpaired) electrons. The average molecular weight is 178 g/mol. The Hall–Kier alpha value is -0.600. The molecule has 0 amide bonds. The van der Waals surface area contributed by atoms with Gasteiger partial charge in [0, 0.05) is 6.42 Å². The maximum atomic E-state index is 2.26. The minimum Gasteiger partial charge on any atom is -0.151 e. The molecule has 54 valence electrons. The number of rotatable bonds is 0. The van der Waals surface area contributed by atoms with Gasteiger partial charge >= 0.3 is 0 Å². The fraction of sp³-hybridized carbons (Fsp3) is 0.111. The van der Waals surface area contributed by atoms with Crippen molar-refractivity contribution in [1.29, 1.82) is 0 Å². The Morgan fingerprint density at radius 1 is 0.818 bits per heavy atom. The van der Waals surface area contributed by atoms with Crippen molar-refractivity contribution in [2.75, 3.05) is 0 Å². The molecule has 11 heavy (non-hydrogen) atoms. The summed E-state index contributed by atoms with van der Waals surface area (Å²) in [6.07, 6.45) is 1.16. The molecule has 0 aromatic carbocycles. The first-order valence-corrected chi connectivity index (χ1v) is 5.44. The highest BCUT2D eigenvalue weighted by molar-refractivity contribution is 7.09. The van der Waals surface area contributed by atoms with Gasteiger partial charge in [-0.1, -0.05) is 0 Å². The molecule has 0 bridgehead atoms. The van der Waals surface area contributed by atoms with Crippen LogP contribution in [-0.2, 0) is 6.42 Å². The largest absolute Gasteiger partial charge is 0.151 e. The first-order valence-electron chi connectivity index (χ1n) is 3.55. The van der Waals surface area contributed by atoms with E-state index >= 15 is 0 Å². The van der Waals surface area contributed by atoms with Crippen LogP contribution in [0, 0.1) is 0 Å². The minimum absolute atomic E-state index is 1.16. The minimum atomic E-state index is 1.16. The number of thiophene rings is 2.